The number of halogens is 1. The minimum Gasteiger partial charge on any atom is -0.369 e. The summed E-state index contributed by atoms with van der Waals surface area (Å²) in [4.78, 5) is 26.1. The van der Waals surface area contributed by atoms with Crippen LogP contribution in [0.25, 0.3) is 11.0 Å². The van der Waals surface area contributed by atoms with Gasteiger partial charge in [0.25, 0.3) is 5.91 Å². The van der Waals surface area contributed by atoms with Crippen molar-refractivity contribution < 1.29 is 9.18 Å². The van der Waals surface area contributed by atoms with Crippen molar-refractivity contribution in [2.24, 2.45) is 0 Å². The summed E-state index contributed by atoms with van der Waals surface area (Å²) in [5.41, 5.74) is 4.44. The third kappa shape index (κ3) is 4.89. The largest absolute Gasteiger partial charge is 0.369 e. The maximum Gasteiger partial charge on any atom is 0.253 e. The van der Waals surface area contributed by atoms with Gasteiger partial charge in [0, 0.05) is 63.4 Å². The zero-order chi connectivity index (χ0) is 23.3. The number of para-hydroxylation sites is 1. The van der Waals surface area contributed by atoms with Crippen LogP contribution in [-0.4, -0.2) is 47.0 Å². The summed E-state index contributed by atoms with van der Waals surface area (Å²) >= 11 is 0. The number of hydrogen-bond acceptors (Lipinski definition) is 5. The van der Waals surface area contributed by atoms with Crippen molar-refractivity contribution >= 4 is 22.6 Å². The Balaban J connectivity index is 1.24. The molecule has 1 fully saturated rings. The number of nitrogens with one attached hydrogen (secondary N) is 1. The highest BCUT2D eigenvalue weighted by molar-refractivity contribution is 6.04. The molecule has 1 N–H and O–H groups in total. The van der Waals surface area contributed by atoms with Crippen molar-refractivity contribution in [3.05, 3.63) is 102 Å². The number of nitrogens with zero attached hydrogens (tertiary/aromatic N) is 4. The minimum absolute atomic E-state index is 0.192. The fourth-order valence-corrected chi connectivity index (χ4v) is 4.41. The molecule has 0 radical (unpaired) electrons. The first-order valence-corrected chi connectivity index (χ1v) is 11.4. The van der Waals surface area contributed by atoms with Gasteiger partial charge in [0.1, 0.15) is 11.3 Å². The first kappa shape index (κ1) is 22.0. The quantitative estimate of drug-likeness (QED) is 0.476. The number of carbonyl (C=O) groups is 1. The second kappa shape index (κ2) is 9.97. The van der Waals surface area contributed by atoms with Crippen LogP contribution in [0.15, 0.2) is 79.1 Å². The zero-order valence-corrected chi connectivity index (χ0v) is 18.8. The van der Waals surface area contributed by atoms with Gasteiger partial charge in [-0.3, -0.25) is 19.7 Å². The smallest absolute Gasteiger partial charge is 0.253 e. The molecule has 1 saturated heterocycles. The molecule has 1 aromatic heterocycles. The first-order valence-electron chi connectivity index (χ1n) is 11.4. The number of hydrogen-bond donors (Lipinski definition) is 1. The Bertz CT molecular complexity index is 1290. The molecule has 0 aliphatic carbocycles. The fraction of sp³-hybridized carbons (Fsp3) is 0.222. The van der Waals surface area contributed by atoms with E-state index >= 15 is 0 Å². The van der Waals surface area contributed by atoms with E-state index in [1.165, 1.54) is 35.8 Å². The standard InChI is InChI=1S/C27H26FN5O/c28-22-16-24(26-25(17-22)29-10-11-30-26)27(34)31-18-20-6-4-5-7-21(20)19-32-12-14-33(15-13-32)23-8-2-1-3-9-23/h1-11,16-17H,12-15,18-19H2,(H,31,34). The second-order valence-electron chi connectivity index (χ2n) is 8.43. The van der Waals surface area contributed by atoms with Crippen LogP contribution >= 0.6 is 0 Å². The van der Waals surface area contributed by atoms with Gasteiger partial charge in [-0.1, -0.05) is 42.5 Å². The van der Waals surface area contributed by atoms with Crippen LogP contribution in [0.3, 0.4) is 0 Å². The van der Waals surface area contributed by atoms with Crippen LogP contribution in [0.5, 0.6) is 0 Å². The zero-order valence-electron chi connectivity index (χ0n) is 18.8. The molecule has 0 bridgehead atoms. The van der Waals surface area contributed by atoms with Crippen molar-refractivity contribution in [3.63, 3.8) is 0 Å². The van der Waals surface area contributed by atoms with Gasteiger partial charge in [-0.15, -0.1) is 0 Å². The summed E-state index contributed by atoms with van der Waals surface area (Å²) in [7, 11) is 0. The Morgan fingerprint density at radius 2 is 1.59 bits per heavy atom. The van der Waals surface area contributed by atoms with Gasteiger partial charge in [0.05, 0.1) is 11.1 Å². The van der Waals surface area contributed by atoms with Crippen molar-refractivity contribution in [2.75, 3.05) is 31.1 Å². The number of anilines is 1. The van der Waals surface area contributed by atoms with Crippen LogP contribution in [0.1, 0.15) is 21.5 Å². The molecule has 1 amide bonds. The topological polar surface area (TPSA) is 61.4 Å². The van der Waals surface area contributed by atoms with Gasteiger partial charge in [0.2, 0.25) is 0 Å². The number of aromatic nitrogens is 2. The van der Waals surface area contributed by atoms with E-state index in [1.54, 1.807) is 0 Å². The summed E-state index contributed by atoms with van der Waals surface area (Å²) in [5, 5.41) is 2.94. The summed E-state index contributed by atoms with van der Waals surface area (Å²) < 4.78 is 14.0. The summed E-state index contributed by atoms with van der Waals surface area (Å²) in [6, 6.07) is 21.1. The normalized spacial score (nSPS) is 14.3. The summed E-state index contributed by atoms with van der Waals surface area (Å²) in [6.07, 6.45) is 2.99. The van der Waals surface area contributed by atoms with E-state index in [-0.39, 0.29) is 11.5 Å². The van der Waals surface area contributed by atoms with Crippen molar-refractivity contribution in [1.82, 2.24) is 20.2 Å². The molecule has 0 atom stereocenters. The van der Waals surface area contributed by atoms with Crippen LogP contribution < -0.4 is 10.2 Å². The van der Waals surface area contributed by atoms with Gasteiger partial charge < -0.3 is 10.2 Å². The lowest BCUT2D eigenvalue weighted by Gasteiger charge is -2.36. The van der Waals surface area contributed by atoms with Crippen LogP contribution in [0.2, 0.25) is 0 Å². The van der Waals surface area contributed by atoms with Crippen molar-refractivity contribution in [2.45, 2.75) is 13.1 Å². The predicted molar refractivity (Wildman–Crippen MR) is 131 cm³/mol. The van der Waals surface area contributed by atoms with E-state index in [2.05, 4.69) is 55.4 Å². The fourth-order valence-electron chi connectivity index (χ4n) is 4.41. The molecular weight excluding hydrogens is 429 g/mol. The van der Waals surface area contributed by atoms with E-state index in [4.69, 9.17) is 0 Å². The first-order chi connectivity index (χ1) is 16.7. The number of piperazine rings is 1. The predicted octanol–water partition coefficient (Wildman–Crippen LogP) is 4.02. The molecule has 0 spiro atoms. The number of benzene rings is 3. The Morgan fingerprint density at radius 3 is 2.38 bits per heavy atom. The molecule has 0 saturated carbocycles. The second-order valence-corrected chi connectivity index (χ2v) is 8.43. The van der Waals surface area contributed by atoms with Gasteiger partial charge in [-0.25, -0.2) is 4.39 Å². The third-order valence-corrected chi connectivity index (χ3v) is 6.23. The molecular formula is C27H26FN5O. The SMILES string of the molecule is O=C(NCc1ccccc1CN1CCN(c2ccccc2)CC1)c1cc(F)cc2nccnc12. The Hall–Kier alpha value is -3.84. The third-order valence-electron chi connectivity index (χ3n) is 6.23. The van der Waals surface area contributed by atoms with Crippen LogP contribution in [-0.2, 0) is 13.1 Å². The van der Waals surface area contributed by atoms with E-state index in [0.29, 0.717) is 17.6 Å². The maximum absolute atomic E-state index is 14.0. The van der Waals surface area contributed by atoms with Gasteiger partial charge in [0.15, 0.2) is 0 Å². The Morgan fingerprint density at radius 1 is 0.882 bits per heavy atom. The molecule has 34 heavy (non-hydrogen) atoms. The maximum atomic E-state index is 14.0. The molecule has 6 nitrogen and oxygen atoms in total. The average molecular weight is 456 g/mol. The molecule has 4 aromatic rings. The van der Waals surface area contributed by atoms with E-state index < -0.39 is 5.82 Å². The van der Waals surface area contributed by atoms with Crippen molar-refractivity contribution in [3.8, 4) is 0 Å². The molecule has 3 aromatic carbocycles. The lowest BCUT2D eigenvalue weighted by atomic mass is 10.1. The average Bonchev–Trinajstić information content (AvgIpc) is 2.88. The molecule has 5 rings (SSSR count). The van der Waals surface area contributed by atoms with E-state index in [0.717, 1.165) is 38.3 Å². The highest BCUT2D eigenvalue weighted by Gasteiger charge is 2.19. The lowest BCUT2D eigenvalue weighted by Crippen LogP contribution is -2.46. The van der Waals surface area contributed by atoms with Crippen LogP contribution in [0.4, 0.5) is 10.1 Å². The highest BCUT2D eigenvalue weighted by Crippen LogP contribution is 2.19. The molecule has 1 aliphatic heterocycles. The number of fused-ring (bicyclic) bond motifs is 1. The molecule has 2 heterocycles. The van der Waals surface area contributed by atoms with Gasteiger partial charge >= 0.3 is 0 Å². The number of amides is 1. The van der Waals surface area contributed by atoms with Crippen molar-refractivity contribution in [1.29, 1.82) is 0 Å². The molecule has 0 unspecified atom stereocenters. The minimum atomic E-state index is -0.506. The molecule has 172 valence electrons. The van der Waals surface area contributed by atoms with Crippen LogP contribution in [0, 0.1) is 5.82 Å². The van der Waals surface area contributed by atoms with Gasteiger partial charge in [-0.2, -0.15) is 0 Å². The number of rotatable bonds is 6. The highest BCUT2D eigenvalue weighted by atomic mass is 19.1. The summed E-state index contributed by atoms with van der Waals surface area (Å²) in [5.74, 6) is -0.871. The lowest BCUT2D eigenvalue weighted by molar-refractivity contribution is 0.0951. The van der Waals surface area contributed by atoms with E-state index in [1.807, 2.05) is 24.3 Å². The Kier molecular flexibility index (Phi) is 6.44. The molecule has 1 aliphatic rings. The monoisotopic (exact) mass is 455 g/mol. The summed E-state index contributed by atoms with van der Waals surface area (Å²) in [6.45, 7) is 5.10. The Labute approximate surface area is 198 Å². The van der Waals surface area contributed by atoms with E-state index in [9.17, 15) is 9.18 Å². The molecule has 7 heteroatoms. The van der Waals surface area contributed by atoms with Gasteiger partial charge in [-0.05, 0) is 29.3 Å². The number of carbonyl (C=O) groups excluding carboxylic acids is 1.